The molecule has 2 N–H and O–H groups in total. The highest BCUT2D eigenvalue weighted by Gasteiger charge is 2.17. The number of methoxy groups -OCH3 is 2. The zero-order valence-electron chi connectivity index (χ0n) is 19.0. The molecular formula is C23H28N2O6S. The first-order valence-corrected chi connectivity index (χ1v) is 10.4. The van der Waals surface area contributed by atoms with E-state index in [-0.39, 0.29) is 28.4 Å². The van der Waals surface area contributed by atoms with Crippen LogP contribution in [0.25, 0.3) is 0 Å². The van der Waals surface area contributed by atoms with Gasteiger partial charge in [-0.25, -0.2) is 9.59 Å². The van der Waals surface area contributed by atoms with E-state index in [2.05, 4.69) is 10.6 Å². The summed E-state index contributed by atoms with van der Waals surface area (Å²) < 4.78 is 21.1. The molecule has 9 heteroatoms. The van der Waals surface area contributed by atoms with Crippen LogP contribution < -0.4 is 20.1 Å². The van der Waals surface area contributed by atoms with Gasteiger partial charge in [0.05, 0.1) is 43.2 Å². The number of carbonyl (C=O) groups excluding carboxylic acids is 2. The van der Waals surface area contributed by atoms with Gasteiger partial charge < -0.3 is 29.6 Å². The van der Waals surface area contributed by atoms with Crippen molar-refractivity contribution in [2.75, 3.05) is 24.9 Å². The van der Waals surface area contributed by atoms with Crippen molar-refractivity contribution < 1.29 is 28.5 Å². The first-order valence-electron chi connectivity index (χ1n) is 10.00. The van der Waals surface area contributed by atoms with E-state index >= 15 is 0 Å². The molecule has 0 spiro atoms. The summed E-state index contributed by atoms with van der Waals surface area (Å²) in [5, 5.41) is 6.24. The van der Waals surface area contributed by atoms with Gasteiger partial charge in [-0.3, -0.25) is 0 Å². The lowest BCUT2D eigenvalue weighted by Crippen LogP contribution is -2.21. The smallest absolute Gasteiger partial charge is 0.338 e. The fourth-order valence-corrected chi connectivity index (χ4v) is 2.91. The quantitative estimate of drug-likeness (QED) is 0.431. The van der Waals surface area contributed by atoms with Crippen LogP contribution in [-0.2, 0) is 9.47 Å². The highest BCUT2D eigenvalue weighted by atomic mass is 32.1. The second-order valence-corrected chi connectivity index (χ2v) is 7.76. The largest absolute Gasteiger partial charge is 0.497 e. The maximum Gasteiger partial charge on any atom is 0.338 e. The van der Waals surface area contributed by atoms with Crippen molar-refractivity contribution in [2.45, 2.75) is 39.9 Å². The SMILES string of the molecule is COc1ccc(NC(=S)Nc2cc(C(=O)OC(C)C)cc(C(=O)OC(C)C)c2)c(OC)c1. The van der Waals surface area contributed by atoms with Gasteiger partial charge in [-0.2, -0.15) is 0 Å². The molecule has 0 atom stereocenters. The van der Waals surface area contributed by atoms with Crippen molar-refractivity contribution in [2.24, 2.45) is 0 Å². The Labute approximate surface area is 193 Å². The molecule has 172 valence electrons. The summed E-state index contributed by atoms with van der Waals surface area (Å²) in [6, 6.07) is 9.77. The molecule has 0 aliphatic rings. The second-order valence-electron chi connectivity index (χ2n) is 7.35. The first kappa shape index (κ1) is 24.9. The molecule has 0 amide bonds. The molecule has 0 fully saturated rings. The monoisotopic (exact) mass is 460 g/mol. The number of ether oxygens (including phenoxy) is 4. The Balaban J connectivity index is 2.29. The minimum absolute atomic E-state index is 0.198. The topological polar surface area (TPSA) is 95.1 Å². The zero-order valence-corrected chi connectivity index (χ0v) is 19.8. The molecule has 2 aromatic rings. The van der Waals surface area contributed by atoms with Gasteiger partial charge in [-0.15, -0.1) is 0 Å². The predicted octanol–water partition coefficient (Wildman–Crippen LogP) is 4.64. The van der Waals surface area contributed by atoms with Crippen LogP contribution in [0.1, 0.15) is 48.4 Å². The van der Waals surface area contributed by atoms with Gasteiger partial charge in [0.2, 0.25) is 0 Å². The number of thiocarbonyl (C=S) groups is 1. The molecule has 0 aliphatic carbocycles. The molecule has 0 saturated heterocycles. The van der Waals surface area contributed by atoms with E-state index in [9.17, 15) is 9.59 Å². The molecule has 0 unspecified atom stereocenters. The molecule has 8 nitrogen and oxygen atoms in total. The number of anilines is 2. The highest BCUT2D eigenvalue weighted by molar-refractivity contribution is 7.80. The van der Waals surface area contributed by atoms with Crippen LogP contribution in [0.5, 0.6) is 11.5 Å². The minimum Gasteiger partial charge on any atom is -0.497 e. The van der Waals surface area contributed by atoms with Crippen LogP contribution in [0.3, 0.4) is 0 Å². The first-order chi connectivity index (χ1) is 15.1. The van der Waals surface area contributed by atoms with Gasteiger partial charge >= 0.3 is 11.9 Å². The molecule has 32 heavy (non-hydrogen) atoms. The summed E-state index contributed by atoms with van der Waals surface area (Å²) in [6.45, 7) is 6.98. The molecule has 2 rings (SSSR count). The standard InChI is InChI=1S/C23H28N2O6S/c1-13(2)30-21(26)15-9-16(22(27)31-14(3)4)11-17(10-15)24-23(32)25-19-8-7-18(28-5)12-20(19)29-6/h7-14H,1-6H3,(H2,24,25,32). The maximum absolute atomic E-state index is 12.4. The zero-order chi connectivity index (χ0) is 23.8. The number of hydrogen-bond acceptors (Lipinski definition) is 7. The van der Waals surface area contributed by atoms with Crippen molar-refractivity contribution in [3.63, 3.8) is 0 Å². The average Bonchev–Trinajstić information content (AvgIpc) is 2.72. The van der Waals surface area contributed by atoms with Crippen LogP contribution in [0, 0.1) is 0 Å². The Bertz CT molecular complexity index is 950. The molecule has 0 heterocycles. The third-order valence-electron chi connectivity index (χ3n) is 4.00. The lowest BCUT2D eigenvalue weighted by Gasteiger charge is -2.16. The van der Waals surface area contributed by atoms with E-state index in [0.717, 1.165) is 0 Å². The third-order valence-corrected chi connectivity index (χ3v) is 4.21. The van der Waals surface area contributed by atoms with Gasteiger partial charge in [0.15, 0.2) is 5.11 Å². The molecule has 0 aromatic heterocycles. The van der Waals surface area contributed by atoms with Crippen LogP contribution >= 0.6 is 12.2 Å². The Hall–Kier alpha value is -3.33. The summed E-state index contributed by atoms with van der Waals surface area (Å²) in [7, 11) is 3.10. The predicted molar refractivity (Wildman–Crippen MR) is 127 cm³/mol. The fourth-order valence-electron chi connectivity index (χ4n) is 2.69. The number of esters is 2. The summed E-state index contributed by atoms with van der Waals surface area (Å²) in [5.41, 5.74) is 1.43. The Morgan fingerprint density at radius 3 is 1.84 bits per heavy atom. The number of benzene rings is 2. The van der Waals surface area contributed by atoms with Gasteiger partial charge in [-0.05, 0) is 70.2 Å². The van der Waals surface area contributed by atoms with Crippen molar-refractivity contribution >= 4 is 40.6 Å². The van der Waals surface area contributed by atoms with Crippen LogP contribution in [0.15, 0.2) is 36.4 Å². The Morgan fingerprint density at radius 2 is 1.38 bits per heavy atom. The molecule has 0 radical (unpaired) electrons. The van der Waals surface area contributed by atoms with E-state index < -0.39 is 11.9 Å². The summed E-state index contributed by atoms with van der Waals surface area (Å²) in [6.07, 6.45) is -0.620. The number of rotatable bonds is 8. The molecule has 2 aromatic carbocycles. The number of nitrogens with one attached hydrogen (secondary N) is 2. The van der Waals surface area contributed by atoms with E-state index in [0.29, 0.717) is 22.9 Å². The van der Waals surface area contributed by atoms with Crippen molar-refractivity contribution in [1.82, 2.24) is 0 Å². The van der Waals surface area contributed by atoms with E-state index in [1.807, 2.05) is 0 Å². The van der Waals surface area contributed by atoms with Crippen molar-refractivity contribution in [3.05, 3.63) is 47.5 Å². The van der Waals surface area contributed by atoms with Crippen LogP contribution in [-0.4, -0.2) is 43.5 Å². The molecule has 0 saturated carbocycles. The summed E-state index contributed by atoms with van der Waals surface area (Å²) in [4.78, 5) is 24.9. The summed E-state index contributed by atoms with van der Waals surface area (Å²) >= 11 is 5.40. The molecule has 0 aliphatic heterocycles. The Kier molecular flexibility index (Phi) is 8.83. The van der Waals surface area contributed by atoms with Crippen molar-refractivity contribution in [1.29, 1.82) is 0 Å². The van der Waals surface area contributed by atoms with Crippen molar-refractivity contribution in [3.8, 4) is 11.5 Å². The van der Waals surface area contributed by atoms with Crippen LogP contribution in [0.2, 0.25) is 0 Å². The van der Waals surface area contributed by atoms with Gasteiger partial charge in [-0.1, -0.05) is 0 Å². The van der Waals surface area contributed by atoms with Crippen LogP contribution in [0.4, 0.5) is 11.4 Å². The van der Waals surface area contributed by atoms with E-state index in [1.165, 1.54) is 13.2 Å². The number of hydrogen-bond donors (Lipinski definition) is 2. The fraction of sp³-hybridized carbons (Fsp3) is 0.348. The maximum atomic E-state index is 12.4. The third kappa shape index (κ3) is 7.12. The molecular weight excluding hydrogens is 432 g/mol. The van der Waals surface area contributed by atoms with Gasteiger partial charge in [0.25, 0.3) is 0 Å². The number of carbonyl (C=O) groups is 2. The van der Waals surface area contributed by atoms with E-state index in [1.54, 1.807) is 65.1 Å². The second kappa shape index (κ2) is 11.3. The van der Waals surface area contributed by atoms with E-state index in [4.69, 9.17) is 31.2 Å². The Morgan fingerprint density at radius 1 is 0.812 bits per heavy atom. The highest BCUT2D eigenvalue weighted by Crippen LogP contribution is 2.29. The lowest BCUT2D eigenvalue weighted by molar-refractivity contribution is 0.0377. The lowest BCUT2D eigenvalue weighted by atomic mass is 10.1. The minimum atomic E-state index is -0.557. The van der Waals surface area contributed by atoms with Gasteiger partial charge in [0, 0.05) is 11.8 Å². The molecule has 0 bridgehead atoms. The summed E-state index contributed by atoms with van der Waals surface area (Å²) in [5.74, 6) is 0.0517. The average molecular weight is 461 g/mol. The normalized spacial score (nSPS) is 10.5. The van der Waals surface area contributed by atoms with Gasteiger partial charge in [0.1, 0.15) is 11.5 Å².